The van der Waals surface area contributed by atoms with E-state index in [1.807, 2.05) is 0 Å². The number of hydrogen-bond donors (Lipinski definition) is 0. The minimum atomic E-state index is -0.824. The molecule has 1 fully saturated rings. The van der Waals surface area contributed by atoms with E-state index in [0.29, 0.717) is 5.69 Å². The lowest BCUT2D eigenvalue weighted by Crippen LogP contribution is -2.30. The van der Waals surface area contributed by atoms with Gasteiger partial charge in [-0.1, -0.05) is 6.92 Å². The van der Waals surface area contributed by atoms with Crippen molar-refractivity contribution in [3.63, 3.8) is 0 Å². The van der Waals surface area contributed by atoms with Crippen LogP contribution in [0.15, 0.2) is 22.8 Å². The molecule has 1 aliphatic heterocycles. The van der Waals surface area contributed by atoms with Crippen molar-refractivity contribution in [3.05, 3.63) is 28.5 Å². The summed E-state index contributed by atoms with van der Waals surface area (Å²) in [6.45, 7) is 1.65. The number of carbonyl (C=O) groups is 2. The molecule has 0 spiro atoms. The third-order valence-corrected chi connectivity index (χ3v) is 3.21. The molecular formula is C11H10BBrN2O3. The van der Waals surface area contributed by atoms with Gasteiger partial charge in [-0.15, -0.1) is 0 Å². The number of nitrogens with zero attached hydrogens (tertiary/aromatic N) is 2. The molecule has 92 valence electrons. The van der Waals surface area contributed by atoms with Crippen molar-refractivity contribution >= 4 is 35.6 Å². The van der Waals surface area contributed by atoms with Crippen molar-refractivity contribution in [1.82, 2.24) is 10.0 Å². The van der Waals surface area contributed by atoms with Crippen LogP contribution in [0.25, 0.3) is 0 Å². The van der Waals surface area contributed by atoms with Gasteiger partial charge in [-0.2, -0.15) is 5.06 Å². The Morgan fingerprint density at radius 3 is 2.67 bits per heavy atom. The summed E-state index contributed by atoms with van der Waals surface area (Å²) in [5.41, 5.74) is 0.618. The van der Waals surface area contributed by atoms with Gasteiger partial charge in [-0.05, 0) is 28.1 Å². The van der Waals surface area contributed by atoms with Crippen LogP contribution in [0.1, 0.15) is 12.6 Å². The van der Waals surface area contributed by atoms with Crippen molar-refractivity contribution in [2.45, 2.75) is 19.3 Å². The van der Waals surface area contributed by atoms with Crippen LogP contribution in [0, 0.1) is 5.92 Å². The highest BCUT2D eigenvalue weighted by atomic mass is 79.9. The summed E-state index contributed by atoms with van der Waals surface area (Å²) in [5, 5.41) is 0.735. The first-order valence-electron chi connectivity index (χ1n) is 5.37. The second-order valence-electron chi connectivity index (χ2n) is 4.03. The van der Waals surface area contributed by atoms with Crippen molar-refractivity contribution in [3.8, 4) is 0 Å². The molecule has 2 atom stereocenters. The third-order valence-electron chi connectivity index (χ3n) is 2.74. The van der Waals surface area contributed by atoms with E-state index in [1.54, 1.807) is 25.3 Å². The van der Waals surface area contributed by atoms with Crippen LogP contribution in [0.5, 0.6) is 0 Å². The number of halogens is 1. The first-order chi connectivity index (χ1) is 8.50. The average molecular weight is 309 g/mol. The van der Waals surface area contributed by atoms with Gasteiger partial charge < -0.3 is 0 Å². The third kappa shape index (κ3) is 2.47. The van der Waals surface area contributed by atoms with E-state index in [9.17, 15) is 9.59 Å². The van der Waals surface area contributed by atoms with Gasteiger partial charge >= 0.3 is 0 Å². The van der Waals surface area contributed by atoms with Crippen LogP contribution in [-0.4, -0.2) is 29.7 Å². The van der Waals surface area contributed by atoms with Crippen molar-refractivity contribution in [2.24, 2.45) is 5.92 Å². The molecule has 0 bridgehead atoms. The molecule has 0 aromatic carbocycles. The van der Waals surface area contributed by atoms with E-state index in [-0.39, 0.29) is 6.61 Å². The standard InChI is InChI=1S/C11H10BBrN2O3/c1-6-9(12)11(17)15(10(6)16)18-5-8-3-2-7(13)4-14-8/h2-4,6,9H,5H2,1H3. The summed E-state index contributed by atoms with van der Waals surface area (Å²) in [5.74, 6) is -2.29. The summed E-state index contributed by atoms with van der Waals surface area (Å²) >= 11 is 3.26. The number of aromatic nitrogens is 1. The largest absolute Gasteiger partial charge is 0.273 e. The molecule has 1 aliphatic rings. The topological polar surface area (TPSA) is 59.5 Å². The first kappa shape index (κ1) is 13.2. The Balaban J connectivity index is 2.00. The van der Waals surface area contributed by atoms with Gasteiger partial charge in [0.15, 0.2) is 0 Å². The lowest BCUT2D eigenvalue weighted by molar-refractivity contribution is -0.192. The van der Waals surface area contributed by atoms with Gasteiger partial charge in [0, 0.05) is 22.4 Å². The zero-order chi connectivity index (χ0) is 13.3. The molecule has 2 rings (SSSR count). The lowest BCUT2D eigenvalue weighted by atomic mass is 9.79. The van der Waals surface area contributed by atoms with Crippen LogP contribution in [0.2, 0.25) is 5.82 Å². The highest BCUT2D eigenvalue weighted by Crippen LogP contribution is 2.28. The van der Waals surface area contributed by atoms with Crippen molar-refractivity contribution < 1.29 is 14.4 Å². The number of amides is 2. The van der Waals surface area contributed by atoms with E-state index in [1.165, 1.54) is 0 Å². The van der Waals surface area contributed by atoms with Gasteiger partial charge in [-0.3, -0.25) is 19.4 Å². The predicted octanol–water partition coefficient (Wildman–Crippen LogP) is 1.24. The SMILES string of the molecule is [B]C1C(=O)N(OCc2ccc(Br)cn2)C(=O)C1C. The molecule has 2 radical (unpaired) electrons. The predicted molar refractivity (Wildman–Crippen MR) is 67.2 cm³/mol. The van der Waals surface area contributed by atoms with E-state index < -0.39 is 23.5 Å². The minimum Gasteiger partial charge on any atom is -0.273 e. The van der Waals surface area contributed by atoms with Crippen LogP contribution in [0.4, 0.5) is 0 Å². The average Bonchev–Trinajstić information content (AvgIpc) is 2.54. The van der Waals surface area contributed by atoms with E-state index in [0.717, 1.165) is 9.54 Å². The van der Waals surface area contributed by atoms with E-state index in [4.69, 9.17) is 12.7 Å². The summed E-state index contributed by atoms with van der Waals surface area (Å²) in [4.78, 5) is 32.5. The van der Waals surface area contributed by atoms with Crippen molar-refractivity contribution in [1.29, 1.82) is 0 Å². The summed E-state index contributed by atoms with van der Waals surface area (Å²) in [6, 6.07) is 3.53. The van der Waals surface area contributed by atoms with Gasteiger partial charge in [0.25, 0.3) is 5.91 Å². The van der Waals surface area contributed by atoms with Gasteiger partial charge in [0.1, 0.15) is 6.61 Å². The molecule has 1 aromatic rings. The number of hydrogen-bond acceptors (Lipinski definition) is 4. The number of hydroxylamine groups is 2. The normalized spacial score (nSPS) is 23.8. The van der Waals surface area contributed by atoms with Crippen LogP contribution in [-0.2, 0) is 21.0 Å². The summed E-state index contributed by atoms with van der Waals surface area (Å²) in [6.07, 6.45) is 1.61. The van der Waals surface area contributed by atoms with Crippen LogP contribution < -0.4 is 0 Å². The Kier molecular flexibility index (Phi) is 3.82. The Labute approximate surface area is 114 Å². The highest BCUT2D eigenvalue weighted by Gasteiger charge is 2.42. The monoisotopic (exact) mass is 308 g/mol. The molecule has 1 aromatic heterocycles. The molecule has 2 heterocycles. The fraction of sp³-hybridized carbons (Fsp3) is 0.364. The number of imide groups is 1. The Morgan fingerprint density at radius 1 is 1.44 bits per heavy atom. The zero-order valence-electron chi connectivity index (χ0n) is 9.67. The van der Waals surface area contributed by atoms with Gasteiger partial charge in [0.05, 0.1) is 13.5 Å². The number of pyridine rings is 1. The van der Waals surface area contributed by atoms with Gasteiger partial charge in [0.2, 0.25) is 5.91 Å². The molecule has 0 aliphatic carbocycles. The van der Waals surface area contributed by atoms with Crippen LogP contribution in [0.3, 0.4) is 0 Å². The maximum atomic E-state index is 11.7. The molecule has 2 unspecified atom stereocenters. The fourth-order valence-electron chi connectivity index (χ4n) is 1.55. The maximum absolute atomic E-state index is 11.7. The maximum Gasteiger partial charge on any atom is 0.256 e. The molecule has 2 amide bonds. The lowest BCUT2D eigenvalue weighted by Gasteiger charge is -2.13. The molecule has 0 N–H and O–H groups in total. The van der Waals surface area contributed by atoms with E-state index >= 15 is 0 Å². The van der Waals surface area contributed by atoms with Crippen LogP contribution >= 0.6 is 15.9 Å². The second-order valence-corrected chi connectivity index (χ2v) is 4.94. The second kappa shape index (κ2) is 5.20. The zero-order valence-corrected chi connectivity index (χ0v) is 11.3. The smallest absolute Gasteiger partial charge is 0.256 e. The number of carbonyl (C=O) groups excluding carboxylic acids is 2. The Hall–Kier alpha value is -1.21. The Morgan fingerprint density at radius 2 is 2.17 bits per heavy atom. The quantitative estimate of drug-likeness (QED) is 0.622. The van der Waals surface area contributed by atoms with Gasteiger partial charge in [-0.25, -0.2) is 0 Å². The molecule has 5 nitrogen and oxygen atoms in total. The first-order valence-corrected chi connectivity index (χ1v) is 6.16. The Bertz CT molecular complexity index is 460. The minimum absolute atomic E-state index is 0.0458. The number of rotatable bonds is 3. The molecule has 7 heteroatoms. The molecule has 18 heavy (non-hydrogen) atoms. The summed E-state index contributed by atoms with van der Waals surface area (Å²) in [7, 11) is 5.58. The molecular weight excluding hydrogens is 299 g/mol. The summed E-state index contributed by atoms with van der Waals surface area (Å²) < 4.78 is 0.843. The van der Waals surface area contributed by atoms with E-state index in [2.05, 4.69) is 20.9 Å². The fourth-order valence-corrected chi connectivity index (χ4v) is 1.78. The molecule has 1 saturated heterocycles. The van der Waals surface area contributed by atoms with Crippen molar-refractivity contribution in [2.75, 3.05) is 0 Å². The highest BCUT2D eigenvalue weighted by molar-refractivity contribution is 9.10. The molecule has 0 saturated carbocycles.